The molecule has 0 aliphatic carbocycles. The van der Waals surface area contributed by atoms with E-state index in [4.69, 9.17) is 9.15 Å². The van der Waals surface area contributed by atoms with Gasteiger partial charge in [-0.2, -0.15) is 0 Å². The molecule has 4 aromatic rings. The number of para-hydroxylation sites is 1. The number of nitrogens with zero attached hydrogens (tertiary/aromatic N) is 2. The maximum Gasteiger partial charge on any atom is 0.342 e. The quantitative estimate of drug-likeness (QED) is 0.329. The number of hydrogen-bond acceptors (Lipinski definition) is 8. The van der Waals surface area contributed by atoms with Gasteiger partial charge in [0.05, 0.1) is 23.4 Å². The molecule has 1 aliphatic heterocycles. The van der Waals surface area contributed by atoms with Crippen LogP contribution in [0.2, 0.25) is 0 Å². The number of aryl methyl sites for hydroxylation is 1. The number of esters is 1. The van der Waals surface area contributed by atoms with E-state index in [9.17, 15) is 24.6 Å². The minimum absolute atomic E-state index is 0.0807. The zero-order valence-electron chi connectivity index (χ0n) is 22.5. The molecule has 0 radical (unpaired) electrons. The highest BCUT2D eigenvalue weighted by Crippen LogP contribution is 2.43. The molecule has 0 saturated heterocycles. The summed E-state index contributed by atoms with van der Waals surface area (Å²) in [7, 11) is 0. The number of rotatable bonds is 6. The third-order valence-corrected chi connectivity index (χ3v) is 7.13. The summed E-state index contributed by atoms with van der Waals surface area (Å²) in [5.74, 6) is -3.38. The van der Waals surface area contributed by atoms with Crippen LogP contribution in [0.25, 0.3) is 11.0 Å². The fourth-order valence-electron chi connectivity index (χ4n) is 5.38. The van der Waals surface area contributed by atoms with Crippen LogP contribution in [0.15, 0.2) is 86.1 Å². The molecule has 2 atom stereocenters. The van der Waals surface area contributed by atoms with E-state index in [1.807, 2.05) is 30.3 Å². The summed E-state index contributed by atoms with van der Waals surface area (Å²) in [5.41, 5.74) is 2.22. The van der Waals surface area contributed by atoms with Crippen molar-refractivity contribution in [3.63, 3.8) is 0 Å². The van der Waals surface area contributed by atoms with E-state index < -0.39 is 23.7 Å². The van der Waals surface area contributed by atoms with Gasteiger partial charge in [0.1, 0.15) is 17.1 Å². The molecule has 3 heterocycles. The van der Waals surface area contributed by atoms with Gasteiger partial charge in [0, 0.05) is 35.0 Å². The van der Waals surface area contributed by atoms with E-state index >= 15 is 0 Å². The molecule has 204 valence electrons. The number of aromatic nitrogens is 1. The Bertz CT molecular complexity index is 1780. The first kappa shape index (κ1) is 26.7. The first-order valence-electron chi connectivity index (χ1n) is 12.7. The number of Topliss-reactive ketones (excluding diaryl/α,β-unsaturated/α-hetero) is 1. The molecule has 5 rings (SSSR count). The van der Waals surface area contributed by atoms with Crippen molar-refractivity contribution < 1.29 is 29.0 Å². The van der Waals surface area contributed by atoms with E-state index in [-0.39, 0.29) is 40.5 Å². The van der Waals surface area contributed by atoms with Crippen LogP contribution in [0, 0.1) is 12.8 Å². The number of carbonyl (C=O) groups excluding carboxylic acids is 2. The Morgan fingerprint density at radius 3 is 2.45 bits per heavy atom. The molecule has 2 N–H and O–H groups in total. The average molecular weight is 541 g/mol. The number of ketones is 1. The van der Waals surface area contributed by atoms with Gasteiger partial charge >= 0.3 is 5.97 Å². The van der Waals surface area contributed by atoms with Crippen molar-refractivity contribution in [2.45, 2.75) is 40.2 Å². The van der Waals surface area contributed by atoms with E-state index in [1.54, 1.807) is 39.0 Å². The lowest BCUT2D eigenvalue weighted by Gasteiger charge is -2.31. The van der Waals surface area contributed by atoms with Crippen molar-refractivity contribution in [3.05, 3.63) is 99.0 Å². The van der Waals surface area contributed by atoms with Gasteiger partial charge < -0.3 is 19.4 Å². The van der Waals surface area contributed by atoms with Crippen molar-refractivity contribution in [3.8, 4) is 17.5 Å². The minimum Gasteiger partial charge on any atom is -0.494 e. The molecule has 0 fully saturated rings. The van der Waals surface area contributed by atoms with Gasteiger partial charge in [-0.25, -0.2) is 4.79 Å². The third kappa shape index (κ3) is 4.70. The second-order valence-electron chi connectivity index (χ2n) is 9.92. The lowest BCUT2D eigenvalue weighted by Crippen LogP contribution is -2.35. The number of ether oxygens (including phenoxy) is 1. The van der Waals surface area contributed by atoms with Gasteiger partial charge in [0.2, 0.25) is 5.88 Å². The molecule has 0 spiro atoms. The molecule has 2 aromatic heterocycles. The van der Waals surface area contributed by atoms with Crippen molar-refractivity contribution in [2.75, 3.05) is 0 Å². The van der Waals surface area contributed by atoms with Crippen LogP contribution < -0.4 is 10.2 Å². The van der Waals surface area contributed by atoms with Crippen LogP contribution in [0.4, 0.5) is 0 Å². The summed E-state index contributed by atoms with van der Waals surface area (Å²) >= 11 is 0. The second kappa shape index (κ2) is 10.3. The monoisotopic (exact) mass is 540 g/mol. The van der Waals surface area contributed by atoms with Crippen molar-refractivity contribution >= 4 is 28.4 Å². The fraction of sp³-hybridized carbons (Fsp3) is 0.226. The molecule has 9 heteroatoms. The summed E-state index contributed by atoms with van der Waals surface area (Å²) in [5, 5.41) is 21.6. The Morgan fingerprint density at radius 2 is 1.75 bits per heavy atom. The summed E-state index contributed by atoms with van der Waals surface area (Å²) in [6.45, 7) is 6.56. The van der Waals surface area contributed by atoms with Crippen LogP contribution in [-0.2, 0) is 16.1 Å². The largest absolute Gasteiger partial charge is 0.494 e. The van der Waals surface area contributed by atoms with Gasteiger partial charge in [-0.1, -0.05) is 42.5 Å². The lowest BCUT2D eigenvalue weighted by molar-refractivity contribution is -0.130. The molecule has 2 aromatic carbocycles. The predicted molar refractivity (Wildman–Crippen MR) is 149 cm³/mol. The molecule has 0 saturated carbocycles. The van der Waals surface area contributed by atoms with E-state index in [2.05, 4.69) is 4.99 Å². The van der Waals surface area contributed by atoms with Gasteiger partial charge in [-0.15, -0.1) is 0 Å². The highest BCUT2D eigenvalue weighted by molar-refractivity contribution is 6.09. The minimum atomic E-state index is -0.877. The number of hydrogen-bond donors (Lipinski definition) is 2. The van der Waals surface area contributed by atoms with Crippen molar-refractivity contribution in [1.82, 2.24) is 4.57 Å². The van der Waals surface area contributed by atoms with E-state index in [0.29, 0.717) is 28.1 Å². The summed E-state index contributed by atoms with van der Waals surface area (Å²) in [6.07, 6.45) is 0. The van der Waals surface area contributed by atoms with Crippen LogP contribution in [0.1, 0.15) is 43.6 Å². The van der Waals surface area contributed by atoms with E-state index in [0.717, 1.165) is 11.6 Å². The number of aromatic hydroxyl groups is 2. The molecule has 40 heavy (non-hydrogen) atoms. The Morgan fingerprint density at radius 1 is 1.02 bits per heavy atom. The third-order valence-electron chi connectivity index (χ3n) is 7.13. The summed E-state index contributed by atoms with van der Waals surface area (Å²) in [4.78, 5) is 43.9. The number of benzene rings is 2. The fourth-order valence-corrected chi connectivity index (χ4v) is 5.38. The van der Waals surface area contributed by atoms with Crippen molar-refractivity contribution in [1.29, 1.82) is 0 Å². The Hall–Kier alpha value is -4.92. The maximum atomic E-state index is 13.8. The first-order valence-corrected chi connectivity index (χ1v) is 12.7. The first-order chi connectivity index (χ1) is 19.1. The van der Waals surface area contributed by atoms with Crippen LogP contribution in [-0.4, -0.2) is 32.2 Å². The highest BCUT2D eigenvalue weighted by Gasteiger charge is 2.41. The second-order valence-corrected chi connectivity index (χ2v) is 9.92. The predicted octanol–water partition coefficient (Wildman–Crippen LogP) is 5.01. The Kier molecular flexibility index (Phi) is 6.89. The standard InChI is InChI=1S/C31H28N2O7/c1-16-13-23(35)21-11-8-12-22(29(21)39-16)28-26(19(4)34)17(2)32-18(3)27(28)31(38)40-24-14-25(36)33(30(24)37)15-20-9-6-5-7-10-20/h5-14,26,28,36-37H,15H2,1-4H3. The van der Waals surface area contributed by atoms with Gasteiger partial charge in [-0.3, -0.25) is 19.1 Å². The SMILES string of the molecule is CC(=O)C1C(C)=NC(C)=C(C(=O)Oc2cc(O)n(Cc3ccccc3)c2O)C1c1cccc2c(=O)cc(C)oc12. The average Bonchev–Trinajstić information content (AvgIpc) is 3.15. The Balaban J connectivity index is 1.60. The van der Waals surface area contributed by atoms with Gasteiger partial charge in [-0.05, 0) is 39.3 Å². The molecule has 1 aliphatic rings. The van der Waals surface area contributed by atoms with Gasteiger partial charge in [0.15, 0.2) is 17.1 Å². The highest BCUT2D eigenvalue weighted by atomic mass is 16.5. The zero-order valence-corrected chi connectivity index (χ0v) is 22.5. The van der Waals surface area contributed by atoms with Crippen LogP contribution in [0.5, 0.6) is 17.5 Å². The molecule has 0 amide bonds. The summed E-state index contributed by atoms with van der Waals surface area (Å²) < 4.78 is 12.8. The lowest BCUT2D eigenvalue weighted by atomic mass is 9.73. The maximum absolute atomic E-state index is 13.8. The molecule has 2 unspecified atom stereocenters. The zero-order chi connectivity index (χ0) is 28.7. The number of allylic oxidation sites excluding steroid dienone is 1. The number of carbonyl (C=O) groups is 2. The molecule has 0 bridgehead atoms. The number of fused-ring (bicyclic) bond motifs is 1. The molecule has 9 nitrogen and oxygen atoms in total. The Labute approximate surface area is 229 Å². The topological polar surface area (TPSA) is 131 Å². The normalized spacial score (nSPS) is 17.1. The van der Waals surface area contributed by atoms with Crippen molar-refractivity contribution in [2.24, 2.45) is 10.9 Å². The van der Waals surface area contributed by atoms with Gasteiger partial charge in [0.25, 0.3) is 0 Å². The number of aliphatic imine (C=N–C) groups is 1. The van der Waals surface area contributed by atoms with Crippen LogP contribution >= 0.6 is 0 Å². The smallest absolute Gasteiger partial charge is 0.342 e. The van der Waals surface area contributed by atoms with E-state index in [1.165, 1.54) is 17.6 Å². The molecular weight excluding hydrogens is 512 g/mol. The molecular formula is C31H28N2O7. The summed E-state index contributed by atoms with van der Waals surface area (Å²) in [6, 6.07) is 16.7. The van der Waals surface area contributed by atoms with Crippen LogP contribution in [0.3, 0.4) is 0 Å².